The SMILES string of the molecule is CCCCC#Cc1c2cc(CCCCCC)c(CCCCCC)cc2c(C#CCCCC)c2cc3cc(Br)ccc3cc12. The predicted molar refractivity (Wildman–Crippen MR) is 195 cm³/mol. The normalized spacial score (nSPS) is 11.1. The van der Waals surface area contributed by atoms with E-state index in [-0.39, 0.29) is 0 Å². The van der Waals surface area contributed by atoms with Crippen molar-refractivity contribution < 1.29 is 0 Å². The zero-order valence-electron chi connectivity index (χ0n) is 27.2. The molecule has 4 aromatic rings. The van der Waals surface area contributed by atoms with E-state index in [4.69, 9.17) is 0 Å². The lowest BCUT2D eigenvalue weighted by atomic mass is 9.86. The minimum Gasteiger partial charge on any atom is -0.0978 e. The number of aryl methyl sites for hydroxylation is 2. The predicted octanol–water partition coefficient (Wildman–Crippen LogP) is 13.2. The Hall–Kier alpha value is -2.74. The molecule has 0 fully saturated rings. The third-order valence-corrected chi connectivity index (χ3v) is 9.19. The Bertz CT molecular complexity index is 1630. The maximum Gasteiger partial charge on any atom is 0.0403 e. The van der Waals surface area contributed by atoms with Gasteiger partial charge in [0.05, 0.1) is 0 Å². The van der Waals surface area contributed by atoms with Crippen LogP contribution in [0, 0.1) is 23.7 Å². The van der Waals surface area contributed by atoms with Crippen molar-refractivity contribution in [3.63, 3.8) is 0 Å². The molecule has 0 aromatic heterocycles. The van der Waals surface area contributed by atoms with E-state index < -0.39 is 0 Å². The lowest BCUT2D eigenvalue weighted by Crippen LogP contribution is -2.00. The smallest absolute Gasteiger partial charge is 0.0403 e. The molecule has 0 unspecified atom stereocenters. The van der Waals surface area contributed by atoms with Gasteiger partial charge in [-0.05, 0) is 118 Å². The first-order valence-corrected chi connectivity index (χ1v) is 18.0. The third kappa shape index (κ3) is 8.90. The van der Waals surface area contributed by atoms with Crippen LogP contribution in [-0.2, 0) is 12.8 Å². The molecule has 0 nitrogen and oxygen atoms in total. The molecule has 0 saturated carbocycles. The minimum atomic E-state index is 0.941. The first-order valence-electron chi connectivity index (χ1n) is 17.2. The number of halogens is 1. The van der Waals surface area contributed by atoms with Crippen molar-refractivity contribution in [1.82, 2.24) is 0 Å². The van der Waals surface area contributed by atoms with Crippen LogP contribution in [0.25, 0.3) is 32.3 Å². The molecule has 0 N–H and O–H groups in total. The van der Waals surface area contributed by atoms with Crippen molar-refractivity contribution in [2.75, 3.05) is 0 Å². The van der Waals surface area contributed by atoms with Gasteiger partial charge < -0.3 is 0 Å². The van der Waals surface area contributed by atoms with Crippen LogP contribution in [0.4, 0.5) is 0 Å². The molecule has 0 bridgehead atoms. The highest BCUT2D eigenvalue weighted by atomic mass is 79.9. The van der Waals surface area contributed by atoms with Gasteiger partial charge in [0.15, 0.2) is 0 Å². The van der Waals surface area contributed by atoms with Crippen molar-refractivity contribution in [3.05, 3.63) is 69.2 Å². The highest BCUT2D eigenvalue weighted by molar-refractivity contribution is 9.10. The van der Waals surface area contributed by atoms with Gasteiger partial charge in [-0.15, -0.1) is 0 Å². The van der Waals surface area contributed by atoms with Crippen LogP contribution in [0.3, 0.4) is 0 Å². The van der Waals surface area contributed by atoms with Crippen LogP contribution in [0.2, 0.25) is 0 Å². The van der Waals surface area contributed by atoms with Crippen LogP contribution < -0.4 is 0 Å². The number of benzene rings is 4. The fourth-order valence-corrected chi connectivity index (χ4v) is 6.51. The second-order valence-electron chi connectivity index (χ2n) is 12.2. The van der Waals surface area contributed by atoms with E-state index in [9.17, 15) is 0 Å². The third-order valence-electron chi connectivity index (χ3n) is 8.69. The maximum atomic E-state index is 3.72. The Morgan fingerprint density at radius 3 is 1.44 bits per heavy atom. The number of unbranched alkanes of at least 4 members (excludes halogenated alkanes) is 10. The van der Waals surface area contributed by atoms with Crippen molar-refractivity contribution in [2.45, 2.75) is 130 Å². The van der Waals surface area contributed by atoms with Crippen molar-refractivity contribution in [1.29, 1.82) is 0 Å². The Balaban J connectivity index is 2.03. The molecule has 0 spiro atoms. The Kier molecular flexibility index (Phi) is 13.5. The van der Waals surface area contributed by atoms with Gasteiger partial charge in [0.25, 0.3) is 0 Å². The molecule has 4 rings (SSSR count). The van der Waals surface area contributed by atoms with Crippen molar-refractivity contribution in [3.8, 4) is 23.7 Å². The lowest BCUT2D eigenvalue weighted by molar-refractivity contribution is 0.651. The Labute approximate surface area is 270 Å². The molecule has 0 saturated heterocycles. The van der Waals surface area contributed by atoms with E-state index in [2.05, 4.69) is 110 Å². The van der Waals surface area contributed by atoms with Gasteiger partial charge in [-0.1, -0.05) is 125 Å². The number of hydrogen-bond acceptors (Lipinski definition) is 0. The van der Waals surface area contributed by atoms with Gasteiger partial charge in [-0.3, -0.25) is 0 Å². The summed E-state index contributed by atoms with van der Waals surface area (Å²) in [7, 11) is 0. The average molecular weight is 636 g/mol. The van der Waals surface area contributed by atoms with Crippen molar-refractivity contribution >= 4 is 48.2 Å². The summed E-state index contributed by atoms with van der Waals surface area (Å²) in [6, 6.07) is 16.4. The second kappa shape index (κ2) is 17.5. The molecule has 0 amide bonds. The van der Waals surface area contributed by atoms with Crippen LogP contribution in [0.5, 0.6) is 0 Å². The summed E-state index contributed by atoms with van der Waals surface area (Å²) in [5.74, 6) is 14.6. The molecule has 1 heteroatoms. The van der Waals surface area contributed by atoms with E-state index in [1.165, 1.54) is 119 Å². The van der Waals surface area contributed by atoms with Crippen LogP contribution in [0.1, 0.15) is 140 Å². The molecule has 0 aliphatic carbocycles. The maximum absolute atomic E-state index is 3.72. The van der Waals surface area contributed by atoms with Crippen molar-refractivity contribution in [2.24, 2.45) is 0 Å². The standard InChI is InChI=1S/C42H51Br/c1-5-9-13-17-21-32-28-39-37(23-19-15-11-7-3)41-30-34-25-26-36(43)27-35(34)31-42(41)38(24-20-16-12-8-4)40(39)29-33(32)22-18-14-10-6-2/h25-31H,5-18,21-22H2,1-4H3. The molecular formula is C42H51Br. The van der Waals surface area contributed by atoms with Gasteiger partial charge >= 0.3 is 0 Å². The summed E-state index contributed by atoms with van der Waals surface area (Å²) < 4.78 is 1.11. The van der Waals surface area contributed by atoms with E-state index in [1.807, 2.05) is 0 Å². The Morgan fingerprint density at radius 2 is 0.953 bits per heavy atom. The zero-order chi connectivity index (χ0) is 30.4. The molecule has 226 valence electrons. The van der Waals surface area contributed by atoms with E-state index in [1.54, 1.807) is 0 Å². The monoisotopic (exact) mass is 634 g/mol. The first kappa shape index (κ1) is 33.2. The quantitative estimate of drug-likeness (QED) is 0.0735. The summed E-state index contributed by atoms with van der Waals surface area (Å²) in [5, 5.41) is 7.59. The fraction of sp³-hybridized carbons (Fsp3) is 0.476. The molecule has 43 heavy (non-hydrogen) atoms. The van der Waals surface area contributed by atoms with Gasteiger partial charge in [0, 0.05) is 28.4 Å². The molecule has 0 aliphatic rings. The van der Waals surface area contributed by atoms with Gasteiger partial charge in [0.1, 0.15) is 0 Å². The van der Waals surface area contributed by atoms with Crippen LogP contribution in [-0.4, -0.2) is 0 Å². The van der Waals surface area contributed by atoms with Gasteiger partial charge in [-0.2, -0.15) is 0 Å². The van der Waals surface area contributed by atoms with E-state index in [0.29, 0.717) is 0 Å². The van der Waals surface area contributed by atoms with Crippen LogP contribution in [0.15, 0.2) is 46.9 Å². The molecule has 0 atom stereocenters. The lowest BCUT2D eigenvalue weighted by Gasteiger charge is -2.17. The molecular weight excluding hydrogens is 584 g/mol. The topological polar surface area (TPSA) is 0 Å². The molecule has 0 radical (unpaired) electrons. The molecule has 4 aromatic carbocycles. The number of rotatable bonds is 14. The van der Waals surface area contributed by atoms with Gasteiger partial charge in [0.2, 0.25) is 0 Å². The molecule has 0 aliphatic heterocycles. The first-order chi connectivity index (χ1) is 21.1. The number of hydrogen-bond donors (Lipinski definition) is 0. The summed E-state index contributed by atoms with van der Waals surface area (Å²) in [6.07, 6.45) is 19.1. The summed E-state index contributed by atoms with van der Waals surface area (Å²) in [5.41, 5.74) is 5.45. The summed E-state index contributed by atoms with van der Waals surface area (Å²) >= 11 is 3.71. The largest absolute Gasteiger partial charge is 0.0978 e. The average Bonchev–Trinajstić information content (AvgIpc) is 3.01. The molecule has 0 heterocycles. The minimum absolute atomic E-state index is 0.941. The summed E-state index contributed by atoms with van der Waals surface area (Å²) in [6.45, 7) is 9.09. The zero-order valence-corrected chi connectivity index (χ0v) is 28.8. The van der Waals surface area contributed by atoms with Crippen LogP contribution >= 0.6 is 15.9 Å². The van der Waals surface area contributed by atoms with E-state index in [0.717, 1.165) is 43.0 Å². The summed E-state index contributed by atoms with van der Waals surface area (Å²) in [4.78, 5) is 0. The Morgan fingerprint density at radius 1 is 0.488 bits per heavy atom. The second-order valence-corrected chi connectivity index (χ2v) is 13.2. The van der Waals surface area contributed by atoms with E-state index >= 15 is 0 Å². The fourth-order valence-electron chi connectivity index (χ4n) is 6.13. The highest BCUT2D eigenvalue weighted by Gasteiger charge is 2.16. The highest BCUT2D eigenvalue weighted by Crippen LogP contribution is 2.38. The van der Waals surface area contributed by atoms with Gasteiger partial charge in [-0.25, -0.2) is 0 Å². The number of fused-ring (bicyclic) bond motifs is 3.